The summed E-state index contributed by atoms with van der Waals surface area (Å²) in [5.41, 5.74) is 3.08. The number of hydrogen-bond acceptors (Lipinski definition) is 5. The Balaban J connectivity index is 1.69. The predicted molar refractivity (Wildman–Crippen MR) is 137 cm³/mol. The zero-order chi connectivity index (χ0) is 23.8. The number of nitrogens with zero attached hydrogens (tertiary/aromatic N) is 4. The first-order chi connectivity index (χ1) is 15.5. The van der Waals surface area contributed by atoms with Crippen molar-refractivity contribution in [3.63, 3.8) is 0 Å². The van der Waals surface area contributed by atoms with Gasteiger partial charge in [0, 0.05) is 43.6 Å². The first-order valence-corrected chi connectivity index (χ1v) is 16.6. The number of fused-ring (bicyclic) bond motifs is 1. The molecule has 0 aliphatic heterocycles. The first kappa shape index (κ1) is 23.9. The molecule has 33 heavy (non-hydrogen) atoms. The molecule has 0 amide bonds. The van der Waals surface area contributed by atoms with Gasteiger partial charge in [-0.05, 0) is 47.1 Å². The zero-order valence-electron chi connectivity index (χ0n) is 19.1. The number of rotatable bonds is 8. The molecule has 0 aliphatic rings. The normalized spacial score (nSPS) is 12.5. The van der Waals surface area contributed by atoms with Gasteiger partial charge in [0.2, 0.25) is 0 Å². The number of pyridine rings is 1. The number of hydrogen-bond donors (Lipinski definition) is 0. The number of benzene rings is 1. The molecular weight excluding hydrogens is 520 g/mol. The van der Waals surface area contributed by atoms with Crippen LogP contribution in [-0.2, 0) is 21.5 Å². The quantitative estimate of drug-likeness (QED) is 0.165. The standard InChI is InChI=1S/C23H27BrN4O3SSi/c1-17-5-7-19(8-6-17)32(29,30)28-15-21(20-11-23(24)25-13-22(20)28)18-12-26-27(14-18)16-31-9-10-33(2,3)4/h5-8,11-15H,9-10,16H2,1-4H3. The van der Waals surface area contributed by atoms with Crippen LogP contribution in [0.25, 0.3) is 22.0 Å². The van der Waals surface area contributed by atoms with Crippen molar-refractivity contribution in [3.8, 4) is 11.1 Å². The fraction of sp³-hybridized carbons (Fsp3) is 0.304. The topological polar surface area (TPSA) is 79.0 Å². The van der Waals surface area contributed by atoms with Gasteiger partial charge >= 0.3 is 0 Å². The van der Waals surface area contributed by atoms with Crippen molar-refractivity contribution in [1.29, 1.82) is 0 Å². The lowest BCUT2D eigenvalue weighted by atomic mass is 10.1. The first-order valence-electron chi connectivity index (χ1n) is 10.6. The van der Waals surface area contributed by atoms with Crippen LogP contribution in [0.5, 0.6) is 0 Å². The second-order valence-electron chi connectivity index (χ2n) is 9.30. The van der Waals surface area contributed by atoms with Gasteiger partial charge in [-0.2, -0.15) is 5.10 Å². The summed E-state index contributed by atoms with van der Waals surface area (Å²) in [6.07, 6.45) is 6.81. The molecule has 0 saturated carbocycles. The smallest absolute Gasteiger partial charge is 0.268 e. The van der Waals surface area contributed by atoms with Gasteiger partial charge in [-0.15, -0.1) is 0 Å². The molecule has 0 unspecified atom stereocenters. The minimum atomic E-state index is -3.79. The molecule has 4 aromatic rings. The van der Waals surface area contributed by atoms with Crippen molar-refractivity contribution >= 4 is 44.9 Å². The Morgan fingerprint density at radius 1 is 1.09 bits per heavy atom. The molecule has 0 radical (unpaired) electrons. The van der Waals surface area contributed by atoms with E-state index >= 15 is 0 Å². The third-order valence-electron chi connectivity index (χ3n) is 5.37. The number of ether oxygens (including phenoxy) is 1. The minimum Gasteiger partial charge on any atom is -0.360 e. The molecule has 4 rings (SSSR count). The lowest BCUT2D eigenvalue weighted by Crippen LogP contribution is -2.22. The highest BCUT2D eigenvalue weighted by Crippen LogP contribution is 2.34. The van der Waals surface area contributed by atoms with Crippen molar-refractivity contribution in [2.45, 2.75) is 44.2 Å². The molecule has 0 N–H and O–H groups in total. The Kier molecular flexibility index (Phi) is 6.63. The Morgan fingerprint density at radius 2 is 1.82 bits per heavy atom. The lowest BCUT2D eigenvalue weighted by Gasteiger charge is -2.15. The van der Waals surface area contributed by atoms with Crippen LogP contribution in [0, 0.1) is 6.92 Å². The van der Waals surface area contributed by atoms with Crippen LogP contribution in [0.15, 0.2) is 64.6 Å². The maximum Gasteiger partial charge on any atom is 0.268 e. The summed E-state index contributed by atoms with van der Waals surface area (Å²) >= 11 is 3.41. The summed E-state index contributed by atoms with van der Waals surface area (Å²) in [4.78, 5) is 4.49. The lowest BCUT2D eigenvalue weighted by molar-refractivity contribution is 0.0786. The third-order valence-corrected chi connectivity index (χ3v) is 9.19. The fourth-order valence-corrected chi connectivity index (χ4v) is 5.88. The van der Waals surface area contributed by atoms with Gasteiger partial charge in [-0.25, -0.2) is 22.1 Å². The van der Waals surface area contributed by atoms with E-state index in [0.717, 1.165) is 28.1 Å². The summed E-state index contributed by atoms with van der Waals surface area (Å²) in [6, 6.07) is 9.75. The van der Waals surface area contributed by atoms with Crippen LogP contribution in [0.4, 0.5) is 0 Å². The average Bonchev–Trinajstić information content (AvgIpc) is 3.35. The van der Waals surface area contributed by atoms with E-state index in [1.165, 1.54) is 3.97 Å². The Morgan fingerprint density at radius 3 is 2.52 bits per heavy atom. The summed E-state index contributed by atoms with van der Waals surface area (Å²) in [6.45, 7) is 9.93. The summed E-state index contributed by atoms with van der Waals surface area (Å²) < 4.78 is 36.3. The number of halogens is 1. The second-order valence-corrected chi connectivity index (χ2v) is 17.5. The molecule has 10 heteroatoms. The van der Waals surface area contributed by atoms with Gasteiger partial charge < -0.3 is 4.74 Å². The number of aromatic nitrogens is 4. The Labute approximate surface area is 203 Å². The van der Waals surface area contributed by atoms with Crippen molar-refractivity contribution < 1.29 is 13.2 Å². The average molecular weight is 548 g/mol. The number of aryl methyl sites for hydroxylation is 1. The van der Waals surface area contributed by atoms with Crippen LogP contribution >= 0.6 is 15.9 Å². The van der Waals surface area contributed by atoms with Gasteiger partial charge in [-0.1, -0.05) is 37.3 Å². The van der Waals surface area contributed by atoms with Gasteiger partial charge in [0.15, 0.2) is 0 Å². The molecule has 0 atom stereocenters. The maximum absolute atomic E-state index is 13.4. The highest BCUT2D eigenvalue weighted by molar-refractivity contribution is 9.10. The molecule has 0 aliphatic carbocycles. The predicted octanol–water partition coefficient (Wildman–Crippen LogP) is 5.52. The van der Waals surface area contributed by atoms with Gasteiger partial charge in [0.05, 0.1) is 22.8 Å². The fourth-order valence-electron chi connectivity index (χ4n) is 3.43. The highest BCUT2D eigenvalue weighted by Gasteiger charge is 2.23. The summed E-state index contributed by atoms with van der Waals surface area (Å²) in [5, 5.41) is 5.18. The molecule has 0 fully saturated rings. The zero-order valence-corrected chi connectivity index (χ0v) is 22.5. The molecule has 0 spiro atoms. The van der Waals surface area contributed by atoms with E-state index in [2.05, 4.69) is 45.7 Å². The van der Waals surface area contributed by atoms with Crippen molar-refractivity contribution in [2.75, 3.05) is 6.61 Å². The Bertz CT molecular complexity index is 1390. The largest absolute Gasteiger partial charge is 0.360 e. The van der Waals surface area contributed by atoms with Gasteiger partial charge in [0.1, 0.15) is 11.3 Å². The van der Waals surface area contributed by atoms with Gasteiger partial charge in [0.25, 0.3) is 10.0 Å². The monoisotopic (exact) mass is 546 g/mol. The summed E-state index contributed by atoms with van der Waals surface area (Å²) in [5.74, 6) is 0. The van der Waals surface area contributed by atoms with Crippen LogP contribution in [-0.4, -0.2) is 41.8 Å². The molecule has 1 aromatic carbocycles. The van der Waals surface area contributed by atoms with Crippen LogP contribution in [0.3, 0.4) is 0 Å². The summed E-state index contributed by atoms with van der Waals surface area (Å²) in [7, 11) is -4.94. The SMILES string of the molecule is Cc1ccc(S(=O)(=O)n2cc(-c3cnn(COCC[Si](C)(C)C)c3)c3cc(Br)ncc32)cc1. The van der Waals surface area contributed by atoms with Crippen LogP contribution in [0.2, 0.25) is 25.7 Å². The highest BCUT2D eigenvalue weighted by atomic mass is 79.9. The van der Waals surface area contributed by atoms with E-state index in [9.17, 15) is 8.42 Å². The molecule has 0 bridgehead atoms. The van der Waals surface area contributed by atoms with E-state index in [1.54, 1.807) is 47.5 Å². The van der Waals surface area contributed by atoms with Crippen molar-refractivity contribution in [3.05, 3.63) is 65.3 Å². The third kappa shape index (κ3) is 5.29. The second kappa shape index (κ2) is 9.17. The molecule has 0 saturated heterocycles. The van der Waals surface area contributed by atoms with Crippen molar-refractivity contribution in [2.24, 2.45) is 0 Å². The molecule has 174 valence electrons. The maximum atomic E-state index is 13.4. The molecule has 7 nitrogen and oxygen atoms in total. The molecule has 3 heterocycles. The van der Waals surface area contributed by atoms with Crippen molar-refractivity contribution in [1.82, 2.24) is 18.7 Å². The van der Waals surface area contributed by atoms with E-state index < -0.39 is 18.1 Å². The van der Waals surface area contributed by atoms with Crippen LogP contribution < -0.4 is 0 Å². The van der Waals surface area contributed by atoms with E-state index in [0.29, 0.717) is 23.5 Å². The van der Waals surface area contributed by atoms with Gasteiger partial charge in [-0.3, -0.25) is 0 Å². The van der Waals surface area contributed by atoms with E-state index in [4.69, 9.17) is 4.74 Å². The van der Waals surface area contributed by atoms with E-state index in [1.807, 2.05) is 19.2 Å². The Hall–Kier alpha value is -2.27. The molecular formula is C23H27BrN4O3SSi. The van der Waals surface area contributed by atoms with Crippen LogP contribution in [0.1, 0.15) is 5.56 Å². The van der Waals surface area contributed by atoms with E-state index in [-0.39, 0.29) is 4.90 Å². The minimum absolute atomic E-state index is 0.228. The molecule has 3 aromatic heterocycles.